The van der Waals surface area contributed by atoms with Crippen LogP contribution in [0, 0.1) is 13.8 Å². The minimum atomic E-state index is -0.419. The molecule has 0 fully saturated rings. The summed E-state index contributed by atoms with van der Waals surface area (Å²) in [6, 6.07) is 13.1. The van der Waals surface area contributed by atoms with Gasteiger partial charge in [-0.1, -0.05) is 17.7 Å². The first-order valence-corrected chi connectivity index (χ1v) is 9.35. The first kappa shape index (κ1) is 19.8. The smallest absolute Gasteiger partial charge is 0.316 e. The molecule has 26 heavy (non-hydrogen) atoms. The van der Waals surface area contributed by atoms with Crippen LogP contribution in [0.1, 0.15) is 18.1 Å². The largest absolute Gasteiger partial charge is 0.494 e. The Morgan fingerprint density at radius 2 is 1.81 bits per heavy atom. The number of amides is 1. The number of nitrogens with one attached hydrogen (secondary N) is 1. The highest BCUT2D eigenvalue weighted by Gasteiger charge is 2.10. The van der Waals surface area contributed by atoms with Crippen molar-refractivity contribution in [3.05, 3.63) is 53.6 Å². The normalized spacial score (nSPS) is 10.3. The molecule has 0 aliphatic heterocycles. The Hall–Kier alpha value is -2.47. The van der Waals surface area contributed by atoms with Gasteiger partial charge in [0.1, 0.15) is 5.75 Å². The molecule has 1 N–H and O–H groups in total. The topological polar surface area (TPSA) is 64.6 Å². The molecule has 0 unspecified atom stereocenters. The molecule has 0 bridgehead atoms. The summed E-state index contributed by atoms with van der Waals surface area (Å²) in [6.07, 6.45) is 0. The zero-order chi connectivity index (χ0) is 18.9. The van der Waals surface area contributed by atoms with Crippen molar-refractivity contribution in [2.24, 2.45) is 0 Å². The van der Waals surface area contributed by atoms with Crippen molar-refractivity contribution in [2.45, 2.75) is 25.7 Å². The van der Waals surface area contributed by atoms with E-state index >= 15 is 0 Å². The van der Waals surface area contributed by atoms with Crippen molar-refractivity contribution in [2.75, 3.05) is 24.3 Å². The maximum Gasteiger partial charge on any atom is 0.316 e. The standard InChI is InChI=1S/C20H23NO4S/c1-4-24-17-9-7-16(8-10-17)21-19(22)12-25-20(23)13-26-18-11-14(2)5-6-15(18)3/h5-11H,4,12-13H2,1-3H3,(H,21,22). The van der Waals surface area contributed by atoms with E-state index in [1.54, 1.807) is 24.3 Å². The molecule has 2 aromatic carbocycles. The first-order valence-electron chi connectivity index (χ1n) is 8.36. The van der Waals surface area contributed by atoms with Crippen molar-refractivity contribution >= 4 is 29.3 Å². The third-order valence-electron chi connectivity index (χ3n) is 3.50. The van der Waals surface area contributed by atoms with Crippen LogP contribution in [0.4, 0.5) is 5.69 Å². The van der Waals surface area contributed by atoms with Gasteiger partial charge in [-0.05, 0) is 56.7 Å². The molecule has 2 rings (SSSR count). The highest BCUT2D eigenvalue weighted by Crippen LogP contribution is 2.23. The summed E-state index contributed by atoms with van der Waals surface area (Å²) in [5.41, 5.74) is 2.88. The second-order valence-corrected chi connectivity index (χ2v) is 6.74. The molecule has 0 spiro atoms. The minimum absolute atomic E-state index is 0.167. The van der Waals surface area contributed by atoms with E-state index in [2.05, 4.69) is 5.32 Å². The Balaban J connectivity index is 1.74. The number of hydrogen-bond donors (Lipinski definition) is 1. The van der Waals surface area contributed by atoms with Gasteiger partial charge in [0.2, 0.25) is 0 Å². The maximum atomic E-state index is 11.9. The monoisotopic (exact) mass is 373 g/mol. The highest BCUT2D eigenvalue weighted by molar-refractivity contribution is 8.00. The summed E-state index contributed by atoms with van der Waals surface area (Å²) in [6.45, 7) is 6.19. The molecule has 0 saturated heterocycles. The molecule has 0 atom stereocenters. The van der Waals surface area contributed by atoms with Crippen LogP contribution in [0.25, 0.3) is 0 Å². The number of ether oxygens (including phenoxy) is 2. The van der Waals surface area contributed by atoms with Crippen molar-refractivity contribution in [1.29, 1.82) is 0 Å². The quantitative estimate of drug-likeness (QED) is 0.560. The van der Waals surface area contributed by atoms with Crippen LogP contribution in [0.15, 0.2) is 47.4 Å². The molecule has 0 aromatic heterocycles. The summed E-state index contributed by atoms with van der Waals surface area (Å²) >= 11 is 1.41. The van der Waals surface area contributed by atoms with Gasteiger partial charge in [-0.25, -0.2) is 0 Å². The summed E-state index contributed by atoms with van der Waals surface area (Å²) in [5, 5.41) is 2.68. The van der Waals surface area contributed by atoms with Crippen LogP contribution in [0.5, 0.6) is 5.75 Å². The van der Waals surface area contributed by atoms with Gasteiger partial charge in [-0.15, -0.1) is 11.8 Å². The number of rotatable bonds is 8. The molecule has 0 saturated carbocycles. The van der Waals surface area contributed by atoms with E-state index in [9.17, 15) is 9.59 Å². The third kappa shape index (κ3) is 6.44. The van der Waals surface area contributed by atoms with Gasteiger partial charge in [0, 0.05) is 10.6 Å². The fourth-order valence-electron chi connectivity index (χ4n) is 2.19. The highest BCUT2D eigenvalue weighted by atomic mass is 32.2. The van der Waals surface area contributed by atoms with Gasteiger partial charge in [0.15, 0.2) is 6.61 Å². The lowest BCUT2D eigenvalue weighted by atomic mass is 10.2. The van der Waals surface area contributed by atoms with Crippen molar-refractivity contribution in [1.82, 2.24) is 0 Å². The molecule has 0 heterocycles. The fraction of sp³-hybridized carbons (Fsp3) is 0.300. The Labute approximate surface area is 158 Å². The molecule has 0 radical (unpaired) electrons. The Bertz CT molecular complexity index is 759. The SMILES string of the molecule is CCOc1ccc(NC(=O)COC(=O)CSc2cc(C)ccc2C)cc1. The Morgan fingerprint density at radius 1 is 1.08 bits per heavy atom. The third-order valence-corrected chi connectivity index (χ3v) is 4.63. The average molecular weight is 373 g/mol. The van der Waals surface area contributed by atoms with Crippen molar-refractivity contribution in [3.63, 3.8) is 0 Å². The van der Waals surface area contributed by atoms with Crippen LogP contribution >= 0.6 is 11.8 Å². The lowest BCUT2D eigenvalue weighted by Crippen LogP contribution is -2.21. The molecule has 2 aromatic rings. The van der Waals surface area contributed by atoms with E-state index in [1.165, 1.54) is 11.8 Å². The lowest BCUT2D eigenvalue weighted by Gasteiger charge is -2.09. The zero-order valence-electron chi connectivity index (χ0n) is 15.2. The predicted octanol–water partition coefficient (Wildman–Crippen LogP) is 3.98. The molecule has 0 aliphatic carbocycles. The zero-order valence-corrected chi connectivity index (χ0v) is 16.0. The number of carbonyl (C=O) groups is 2. The molecule has 1 amide bonds. The van der Waals surface area contributed by atoms with Crippen molar-refractivity contribution < 1.29 is 19.1 Å². The Morgan fingerprint density at radius 3 is 2.50 bits per heavy atom. The Kier molecular flexibility index (Phi) is 7.53. The molecule has 5 nitrogen and oxygen atoms in total. The van der Waals surface area contributed by atoms with E-state index in [0.29, 0.717) is 12.3 Å². The van der Waals surface area contributed by atoms with Crippen LogP contribution in [-0.4, -0.2) is 30.8 Å². The number of thioether (sulfide) groups is 1. The molecular weight excluding hydrogens is 350 g/mol. The van der Waals surface area contributed by atoms with E-state index < -0.39 is 5.97 Å². The number of benzene rings is 2. The number of carbonyl (C=O) groups excluding carboxylic acids is 2. The van der Waals surface area contributed by atoms with Gasteiger partial charge >= 0.3 is 5.97 Å². The maximum absolute atomic E-state index is 11.9. The summed E-state index contributed by atoms with van der Waals surface area (Å²) < 4.78 is 10.4. The van der Waals surface area contributed by atoms with Crippen LogP contribution < -0.4 is 10.1 Å². The molecular formula is C20H23NO4S. The van der Waals surface area contributed by atoms with Gasteiger partial charge < -0.3 is 14.8 Å². The molecule has 6 heteroatoms. The van der Waals surface area contributed by atoms with Gasteiger partial charge in [0.05, 0.1) is 12.4 Å². The number of esters is 1. The summed E-state index contributed by atoms with van der Waals surface area (Å²) in [7, 11) is 0. The minimum Gasteiger partial charge on any atom is -0.494 e. The second-order valence-electron chi connectivity index (χ2n) is 5.72. The van der Waals surface area contributed by atoms with E-state index in [1.807, 2.05) is 39.0 Å². The van der Waals surface area contributed by atoms with Crippen LogP contribution in [0.3, 0.4) is 0 Å². The molecule has 0 aliphatic rings. The predicted molar refractivity (Wildman–Crippen MR) is 104 cm³/mol. The number of hydrogen-bond acceptors (Lipinski definition) is 5. The fourth-order valence-corrected chi connectivity index (χ4v) is 3.11. The lowest BCUT2D eigenvalue weighted by molar-refractivity contribution is -0.144. The van der Waals surface area contributed by atoms with Gasteiger partial charge in [-0.2, -0.15) is 0 Å². The van der Waals surface area contributed by atoms with Crippen LogP contribution in [0.2, 0.25) is 0 Å². The van der Waals surface area contributed by atoms with Gasteiger partial charge in [-0.3, -0.25) is 9.59 Å². The first-order chi connectivity index (χ1) is 12.5. The summed E-state index contributed by atoms with van der Waals surface area (Å²) in [4.78, 5) is 24.8. The summed E-state index contributed by atoms with van der Waals surface area (Å²) in [5.74, 6) is 0.109. The number of aryl methyl sites for hydroxylation is 2. The molecule has 138 valence electrons. The average Bonchev–Trinajstić information content (AvgIpc) is 2.62. The second kappa shape index (κ2) is 9.87. The van der Waals surface area contributed by atoms with E-state index in [4.69, 9.17) is 9.47 Å². The van der Waals surface area contributed by atoms with E-state index in [0.717, 1.165) is 21.8 Å². The van der Waals surface area contributed by atoms with E-state index in [-0.39, 0.29) is 18.3 Å². The van der Waals surface area contributed by atoms with Gasteiger partial charge in [0.25, 0.3) is 5.91 Å². The number of anilines is 1. The van der Waals surface area contributed by atoms with Crippen LogP contribution in [-0.2, 0) is 14.3 Å². The van der Waals surface area contributed by atoms with Crippen molar-refractivity contribution in [3.8, 4) is 5.75 Å².